The van der Waals surface area contributed by atoms with Gasteiger partial charge in [0, 0.05) is 17.0 Å². The number of rotatable bonds is 6. The number of fused-ring (bicyclic) bond motifs is 1. The molecule has 7 heteroatoms. The number of esters is 1. The Kier molecular flexibility index (Phi) is 5.88. The van der Waals surface area contributed by atoms with Crippen molar-refractivity contribution >= 4 is 34.4 Å². The predicted molar refractivity (Wildman–Crippen MR) is 101 cm³/mol. The fourth-order valence-electron chi connectivity index (χ4n) is 2.46. The van der Waals surface area contributed by atoms with Crippen molar-refractivity contribution in [3.8, 4) is 0 Å². The predicted octanol–water partition coefficient (Wildman–Crippen LogP) is 2.96. The number of carbonyl (C=O) groups is 2. The van der Waals surface area contributed by atoms with Gasteiger partial charge in [0.1, 0.15) is 11.1 Å². The highest BCUT2D eigenvalue weighted by atomic mass is 35.5. The molecule has 0 bridgehead atoms. The van der Waals surface area contributed by atoms with Crippen LogP contribution in [0.25, 0.3) is 11.0 Å². The Morgan fingerprint density at radius 2 is 1.81 bits per heavy atom. The van der Waals surface area contributed by atoms with Crippen LogP contribution in [0.2, 0.25) is 5.02 Å². The Bertz CT molecular complexity index is 1030. The molecule has 2 aromatic carbocycles. The van der Waals surface area contributed by atoms with Crippen molar-refractivity contribution in [3.05, 3.63) is 81.2 Å². The zero-order valence-corrected chi connectivity index (χ0v) is 15.0. The van der Waals surface area contributed by atoms with E-state index in [9.17, 15) is 14.4 Å². The van der Waals surface area contributed by atoms with Gasteiger partial charge in [-0.25, -0.2) is 9.59 Å². The van der Waals surface area contributed by atoms with Gasteiger partial charge < -0.3 is 14.5 Å². The van der Waals surface area contributed by atoms with Crippen LogP contribution in [0.4, 0.5) is 0 Å². The van der Waals surface area contributed by atoms with Crippen LogP contribution < -0.4 is 10.9 Å². The average Bonchev–Trinajstić information content (AvgIpc) is 2.67. The number of amides is 1. The minimum absolute atomic E-state index is 0.248. The van der Waals surface area contributed by atoms with Crippen molar-refractivity contribution in [2.75, 3.05) is 13.2 Å². The molecule has 0 aliphatic heterocycles. The number of benzene rings is 2. The molecule has 1 amide bonds. The lowest BCUT2D eigenvalue weighted by atomic mass is 10.1. The van der Waals surface area contributed by atoms with Crippen molar-refractivity contribution in [1.29, 1.82) is 0 Å². The number of halogens is 1. The van der Waals surface area contributed by atoms with Gasteiger partial charge in [0.05, 0.1) is 0 Å². The van der Waals surface area contributed by atoms with Gasteiger partial charge in [0.15, 0.2) is 6.61 Å². The number of nitrogens with one attached hydrogen (secondary N) is 1. The van der Waals surface area contributed by atoms with Crippen molar-refractivity contribution in [2.24, 2.45) is 0 Å². The van der Waals surface area contributed by atoms with Crippen LogP contribution in [0.5, 0.6) is 0 Å². The largest absolute Gasteiger partial charge is 0.452 e. The molecule has 0 unspecified atom stereocenters. The minimum atomic E-state index is -0.901. The van der Waals surface area contributed by atoms with Gasteiger partial charge in [0.2, 0.25) is 0 Å². The van der Waals surface area contributed by atoms with Crippen LogP contribution in [-0.4, -0.2) is 25.0 Å². The van der Waals surface area contributed by atoms with Gasteiger partial charge in [-0.2, -0.15) is 0 Å². The summed E-state index contributed by atoms with van der Waals surface area (Å²) in [5.41, 5.74) is 0.342. The first-order valence-corrected chi connectivity index (χ1v) is 8.62. The van der Waals surface area contributed by atoms with E-state index in [1.54, 1.807) is 36.4 Å². The highest BCUT2D eigenvalue weighted by Gasteiger charge is 2.16. The second kappa shape index (κ2) is 8.51. The second-order valence-corrected chi connectivity index (χ2v) is 6.22. The lowest BCUT2D eigenvalue weighted by Crippen LogP contribution is -2.31. The van der Waals surface area contributed by atoms with E-state index in [4.69, 9.17) is 20.8 Å². The summed E-state index contributed by atoms with van der Waals surface area (Å²) in [5, 5.41) is 3.89. The van der Waals surface area contributed by atoms with Crippen molar-refractivity contribution in [1.82, 2.24) is 5.32 Å². The highest BCUT2D eigenvalue weighted by Crippen LogP contribution is 2.13. The van der Waals surface area contributed by atoms with E-state index in [1.165, 1.54) is 6.07 Å². The monoisotopic (exact) mass is 385 g/mol. The van der Waals surface area contributed by atoms with E-state index in [0.29, 0.717) is 29.0 Å². The van der Waals surface area contributed by atoms with Gasteiger partial charge in [-0.1, -0.05) is 41.9 Å². The van der Waals surface area contributed by atoms with Crippen LogP contribution in [0.1, 0.15) is 15.9 Å². The van der Waals surface area contributed by atoms with Crippen LogP contribution in [0.3, 0.4) is 0 Å². The molecule has 0 saturated heterocycles. The van der Waals surface area contributed by atoms with E-state index in [0.717, 1.165) is 5.56 Å². The summed E-state index contributed by atoms with van der Waals surface area (Å²) in [4.78, 5) is 35.8. The molecule has 27 heavy (non-hydrogen) atoms. The Morgan fingerprint density at radius 3 is 2.59 bits per heavy atom. The first kappa shape index (κ1) is 18.7. The van der Waals surface area contributed by atoms with Crippen LogP contribution >= 0.6 is 11.6 Å². The average molecular weight is 386 g/mol. The number of hydrogen-bond acceptors (Lipinski definition) is 5. The van der Waals surface area contributed by atoms with Crippen molar-refractivity contribution < 1.29 is 18.7 Å². The fraction of sp³-hybridized carbons (Fsp3) is 0.150. The van der Waals surface area contributed by atoms with Crippen LogP contribution in [-0.2, 0) is 16.0 Å². The molecule has 3 aromatic rings. The smallest absolute Gasteiger partial charge is 0.351 e. The summed E-state index contributed by atoms with van der Waals surface area (Å²) in [6.07, 6.45) is 0.616. The molecule has 6 nitrogen and oxygen atoms in total. The van der Waals surface area contributed by atoms with Crippen molar-refractivity contribution in [3.63, 3.8) is 0 Å². The molecule has 3 rings (SSSR count). The summed E-state index contributed by atoms with van der Waals surface area (Å²) in [7, 11) is 0. The van der Waals surface area contributed by atoms with Gasteiger partial charge in [0.25, 0.3) is 5.91 Å². The second-order valence-electron chi connectivity index (χ2n) is 5.79. The molecule has 0 radical (unpaired) electrons. The summed E-state index contributed by atoms with van der Waals surface area (Å²) in [6, 6.07) is 15.5. The number of hydrogen-bond donors (Lipinski definition) is 1. The Hall–Kier alpha value is -3.12. The lowest BCUT2D eigenvalue weighted by Gasteiger charge is -2.07. The topological polar surface area (TPSA) is 85.6 Å². The summed E-state index contributed by atoms with van der Waals surface area (Å²) < 4.78 is 9.99. The lowest BCUT2D eigenvalue weighted by molar-refractivity contribution is -0.124. The third-order valence-corrected chi connectivity index (χ3v) is 4.10. The summed E-state index contributed by atoms with van der Waals surface area (Å²) in [5.74, 6) is -1.36. The van der Waals surface area contributed by atoms with Gasteiger partial charge in [-0.3, -0.25) is 4.79 Å². The normalized spacial score (nSPS) is 10.6. The first-order valence-electron chi connectivity index (χ1n) is 8.24. The van der Waals surface area contributed by atoms with Gasteiger partial charge in [-0.05, 0) is 36.2 Å². The first-order chi connectivity index (χ1) is 13.0. The Labute approximate surface area is 159 Å². The minimum Gasteiger partial charge on any atom is -0.452 e. The number of para-hydroxylation sites is 1. The Balaban J connectivity index is 1.51. The molecular formula is C20H16ClNO5. The molecule has 138 valence electrons. The maximum absolute atomic E-state index is 12.1. The number of carbonyl (C=O) groups excluding carboxylic acids is 2. The fourth-order valence-corrected chi connectivity index (χ4v) is 2.59. The van der Waals surface area contributed by atoms with Crippen molar-refractivity contribution in [2.45, 2.75) is 6.42 Å². The van der Waals surface area contributed by atoms with E-state index >= 15 is 0 Å². The van der Waals surface area contributed by atoms with E-state index in [-0.39, 0.29) is 5.56 Å². The van der Waals surface area contributed by atoms with E-state index in [1.807, 2.05) is 12.1 Å². The summed E-state index contributed by atoms with van der Waals surface area (Å²) >= 11 is 5.81. The molecule has 0 aliphatic rings. The summed E-state index contributed by atoms with van der Waals surface area (Å²) in [6.45, 7) is -0.0954. The van der Waals surface area contributed by atoms with Gasteiger partial charge in [-0.15, -0.1) is 0 Å². The quantitative estimate of drug-likeness (QED) is 0.521. The van der Waals surface area contributed by atoms with E-state index in [2.05, 4.69) is 5.32 Å². The Morgan fingerprint density at radius 1 is 1.07 bits per heavy atom. The molecule has 0 fully saturated rings. The molecule has 0 atom stereocenters. The zero-order valence-electron chi connectivity index (χ0n) is 14.2. The standard InChI is InChI=1S/C20H16ClNO5/c21-15-7-5-13(6-8-15)9-10-22-18(23)12-26-19(24)16-11-14-3-1-2-4-17(14)27-20(16)25/h1-8,11H,9-10,12H2,(H,22,23). The molecule has 0 saturated carbocycles. The van der Waals surface area contributed by atoms with Gasteiger partial charge >= 0.3 is 11.6 Å². The maximum Gasteiger partial charge on any atom is 0.351 e. The SMILES string of the molecule is O=C(COC(=O)c1cc2ccccc2oc1=O)NCCc1ccc(Cl)cc1. The highest BCUT2D eigenvalue weighted by molar-refractivity contribution is 6.30. The molecule has 1 N–H and O–H groups in total. The molecule has 0 aliphatic carbocycles. The third-order valence-electron chi connectivity index (χ3n) is 3.84. The molecule has 1 aromatic heterocycles. The maximum atomic E-state index is 12.1. The number of ether oxygens (including phenoxy) is 1. The van der Waals surface area contributed by atoms with E-state index < -0.39 is 24.1 Å². The van der Waals surface area contributed by atoms with Crippen LogP contribution in [0.15, 0.2) is 63.8 Å². The third kappa shape index (κ3) is 4.95. The molecule has 1 heterocycles. The van der Waals surface area contributed by atoms with Crippen LogP contribution in [0, 0.1) is 0 Å². The zero-order chi connectivity index (χ0) is 19.2. The molecule has 0 spiro atoms. The molecular weight excluding hydrogens is 370 g/mol.